The average molecular weight is 314 g/mol. The summed E-state index contributed by atoms with van der Waals surface area (Å²) in [5.74, 6) is -1.20. The van der Waals surface area contributed by atoms with Gasteiger partial charge in [-0.25, -0.2) is 0 Å². The molecule has 2 fully saturated rings. The quantitative estimate of drug-likeness (QED) is 0.908. The van der Waals surface area contributed by atoms with E-state index >= 15 is 0 Å². The molecule has 1 aromatic rings. The van der Waals surface area contributed by atoms with Crippen LogP contribution in [-0.2, 0) is 16.0 Å². The number of aliphatic carboxylic acids is 1. The molecule has 2 aliphatic rings. The molecule has 0 radical (unpaired) electrons. The van der Waals surface area contributed by atoms with Crippen LogP contribution in [-0.4, -0.2) is 48.2 Å². The van der Waals surface area contributed by atoms with Gasteiger partial charge in [0.15, 0.2) is 0 Å². The standard InChI is InChI=1S/C17H18N2O4/c18-6-4-12-2-1-3-13(8-12)15(20)19-9-14-10-23-7-5-17(14,11-19)16(21)22/h1-3,8,14H,4-5,7,9-11H2,(H,21,22)/t14-,17+/m0/s1. The van der Waals surface area contributed by atoms with Gasteiger partial charge in [0.2, 0.25) is 0 Å². The minimum Gasteiger partial charge on any atom is -0.481 e. The minimum absolute atomic E-state index is 0.167. The van der Waals surface area contributed by atoms with Crippen molar-refractivity contribution in [1.82, 2.24) is 4.90 Å². The van der Waals surface area contributed by atoms with Crippen LogP contribution in [0.1, 0.15) is 22.3 Å². The van der Waals surface area contributed by atoms with Gasteiger partial charge in [-0.1, -0.05) is 12.1 Å². The van der Waals surface area contributed by atoms with E-state index in [1.165, 1.54) is 0 Å². The molecule has 1 aromatic carbocycles. The summed E-state index contributed by atoms with van der Waals surface area (Å²) in [5, 5.41) is 18.4. The maximum Gasteiger partial charge on any atom is 0.311 e. The van der Waals surface area contributed by atoms with E-state index in [4.69, 9.17) is 10.00 Å². The zero-order valence-corrected chi connectivity index (χ0v) is 12.7. The number of carbonyl (C=O) groups excluding carboxylic acids is 1. The number of carboxylic acid groups (broad SMARTS) is 1. The normalized spacial score (nSPS) is 26.4. The molecule has 23 heavy (non-hydrogen) atoms. The Morgan fingerprint density at radius 3 is 3.00 bits per heavy atom. The van der Waals surface area contributed by atoms with Crippen molar-refractivity contribution in [1.29, 1.82) is 5.26 Å². The molecule has 120 valence electrons. The molecule has 3 rings (SSSR count). The van der Waals surface area contributed by atoms with Crippen molar-refractivity contribution in [2.24, 2.45) is 11.3 Å². The molecule has 0 bridgehead atoms. The minimum atomic E-state index is -0.891. The Kier molecular flexibility index (Phi) is 4.05. The van der Waals surface area contributed by atoms with Crippen molar-refractivity contribution < 1.29 is 19.4 Å². The molecular weight excluding hydrogens is 296 g/mol. The van der Waals surface area contributed by atoms with Crippen molar-refractivity contribution in [3.63, 3.8) is 0 Å². The van der Waals surface area contributed by atoms with E-state index in [1.807, 2.05) is 0 Å². The number of ether oxygens (including phenoxy) is 1. The lowest BCUT2D eigenvalue weighted by molar-refractivity contribution is -0.157. The first kappa shape index (κ1) is 15.5. The molecule has 0 aromatic heterocycles. The Labute approximate surface area is 134 Å². The van der Waals surface area contributed by atoms with Gasteiger partial charge in [-0.3, -0.25) is 9.59 Å². The highest BCUT2D eigenvalue weighted by Gasteiger charge is 2.54. The van der Waals surface area contributed by atoms with E-state index in [2.05, 4.69) is 6.07 Å². The fourth-order valence-corrected chi connectivity index (χ4v) is 3.54. The van der Waals surface area contributed by atoms with Crippen LogP contribution < -0.4 is 0 Å². The van der Waals surface area contributed by atoms with Gasteiger partial charge < -0.3 is 14.7 Å². The number of carboxylic acids is 1. The number of nitriles is 1. The molecule has 0 aliphatic carbocycles. The number of benzene rings is 1. The van der Waals surface area contributed by atoms with Crippen LogP contribution >= 0.6 is 0 Å². The number of amides is 1. The highest BCUT2D eigenvalue weighted by atomic mass is 16.5. The lowest BCUT2D eigenvalue weighted by atomic mass is 9.74. The molecule has 2 saturated heterocycles. The van der Waals surface area contributed by atoms with Gasteiger partial charge in [0.25, 0.3) is 5.91 Å². The number of rotatable bonds is 3. The lowest BCUT2D eigenvalue weighted by Gasteiger charge is -2.33. The second kappa shape index (κ2) is 6.01. The van der Waals surface area contributed by atoms with Gasteiger partial charge >= 0.3 is 5.97 Å². The van der Waals surface area contributed by atoms with Crippen molar-refractivity contribution in [3.8, 4) is 6.07 Å². The van der Waals surface area contributed by atoms with Crippen LogP contribution in [0.25, 0.3) is 0 Å². The third-order valence-electron chi connectivity index (χ3n) is 4.88. The van der Waals surface area contributed by atoms with Crippen LogP contribution in [0, 0.1) is 22.7 Å². The molecule has 6 nitrogen and oxygen atoms in total. The van der Waals surface area contributed by atoms with Gasteiger partial charge in [0.05, 0.1) is 24.5 Å². The van der Waals surface area contributed by atoms with E-state index in [9.17, 15) is 14.7 Å². The average Bonchev–Trinajstić information content (AvgIpc) is 2.96. The summed E-state index contributed by atoms with van der Waals surface area (Å²) in [6.07, 6.45) is 0.682. The summed E-state index contributed by atoms with van der Waals surface area (Å²) in [6.45, 7) is 1.41. The molecule has 6 heteroatoms. The highest BCUT2D eigenvalue weighted by molar-refractivity contribution is 5.95. The molecule has 0 spiro atoms. The number of fused-ring (bicyclic) bond motifs is 1. The van der Waals surface area contributed by atoms with E-state index in [0.717, 1.165) is 5.56 Å². The predicted octanol–water partition coefficient (Wildman–Crippen LogP) is 1.32. The highest BCUT2D eigenvalue weighted by Crippen LogP contribution is 2.42. The Hall–Kier alpha value is -2.39. The molecule has 0 saturated carbocycles. The Morgan fingerprint density at radius 2 is 2.30 bits per heavy atom. The van der Waals surface area contributed by atoms with Gasteiger partial charge in [-0.05, 0) is 24.1 Å². The summed E-state index contributed by atoms with van der Waals surface area (Å²) in [4.78, 5) is 26.1. The number of hydrogen-bond donors (Lipinski definition) is 1. The van der Waals surface area contributed by atoms with E-state index in [-0.39, 0.29) is 24.8 Å². The Balaban J connectivity index is 1.83. The van der Waals surface area contributed by atoms with E-state index in [0.29, 0.717) is 31.7 Å². The monoisotopic (exact) mass is 314 g/mol. The summed E-state index contributed by atoms with van der Waals surface area (Å²) < 4.78 is 5.41. The van der Waals surface area contributed by atoms with Crippen LogP contribution in [0.15, 0.2) is 24.3 Å². The molecular formula is C17H18N2O4. The lowest BCUT2D eigenvalue weighted by Crippen LogP contribution is -2.45. The summed E-state index contributed by atoms with van der Waals surface area (Å²) in [5.41, 5.74) is 0.391. The maximum absolute atomic E-state index is 12.7. The third kappa shape index (κ3) is 2.68. The summed E-state index contributed by atoms with van der Waals surface area (Å²) in [6, 6.07) is 9.02. The Morgan fingerprint density at radius 1 is 1.48 bits per heavy atom. The first-order valence-corrected chi connectivity index (χ1v) is 7.63. The number of likely N-dealkylation sites (tertiary alicyclic amines) is 1. The largest absolute Gasteiger partial charge is 0.481 e. The van der Waals surface area contributed by atoms with E-state index in [1.54, 1.807) is 29.2 Å². The summed E-state index contributed by atoms with van der Waals surface area (Å²) >= 11 is 0. The van der Waals surface area contributed by atoms with Crippen molar-refractivity contribution in [2.45, 2.75) is 12.8 Å². The van der Waals surface area contributed by atoms with Crippen LogP contribution in [0.4, 0.5) is 0 Å². The number of carbonyl (C=O) groups is 2. The van der Waals surface area contributed by atoms with Gasteiger partial charge in [0.1, 0.15) is 0 Å². The topological polar surface area (TPSA) is 90.6 Å². The molecule has 2 aliphatic heterocycles. The van der Waals surface area contributed by atoms with Crippen LogP contribution in [0.5, 0.6) is 0 Å². The first-order valence-electron chi connectivity index (χ1n) is 7.63. The first-order chi connectivity index (χ1) is 11.1. The zero-order chi connectivity index (χ0) is 16.4. The fourth-order valence-electron chi connectivity index (χ4n) is 3.54. The summed E-state index contributed by atoms with van der Waals surface area (Å²) in [7, 11) is 0. The predicted molar refractivity (Wildman–Crippen MR) is 80.7 cm³/mol. The van der Waals surface area contributed by atoms with Crippen molar-refractivity contribution in [3.05, 3.63) is 35.4 Å². The van der Waals surface area contributed by atoms with Gasteiger partial charge in [-0.15, -0.1) is 0 Å². The molecule has 0 unspecified atom stereocenters. The van der Waals surface area contributed by atoms with E-state index < -0.39 is 11.4 Å². The molecule has 2 atom stereocenters. The van der Waals surface area contributed by atoms with Gasteiger partial charge in [0, 0.05) is 31.2 Å². The van der Waals surface area contributed by atoms with Gasteiger partial charge in [-0.2, -0.15) is 5.26 Å². The number of hydrogen-bond acceptors (Lipinski definition) is 4. The second-order valence-corrected chi connectivity index (χ2v) is 6.20. The smallest absolute Gasteiger partial charge is 0.311 e. The second-order valence-electron chi connectivity index (χ2n) is 6.20. The maximum atomic E-state index is 12.7. The third-order valence-corrected chi connectivity index (χ3v) is 4.88. The Bertz CT molecular complexity index is 681. The van der Waals surface area contributed by atoms with Crippen LogP contribution in [0.3, 0.4) is 0 Å². The SMILES string of the molecule is N#CCc1cccc(C(=O)N2C[C@H]3COCC[C@@]3(C(=O)O)C2)c1. The zero-order valence-electron chi connectivity index (χ0n) is 12.7. The van der Waals surface area contributed by atoms with Crippen molar-refractivity contribution >= 4 is 11.9 Å². The number of nitrogens with zero attached hydrogens (tertiary/aromatic N) is 2. The molecule has 1 amide bonds. The van der Waals surface area contributed by atoms with Crippen LogP contribution in [0.2, 0.25) is 0 Å². The molecule has 1 N–H and O–H groups in total. The fraction of sp³-hybridized carbons (Fsp3) is 0.471. The molecule has 2 heterocycles. The van der Waals surface area contributed by atoms with Crippen molar-refractivity contribution in [2.75, 3.05) is 26.3 Å².